The molecule has 0 fully saturated rings. The average Bonchev–Trinajstić information content (AvgIpc) is 2.84. The van der Waals surface area contributed by atoms with Gasteiger partial charge in [0.05, 0.1) is 17.0 Å². The SMILES string of the molecule is Cc1nc(CN(C)C(=O)c2ccc(OS(=O)(=O)c3cccc([N+](=O)[O-])c3)cc2)nc2ccccc12. The average molecular weight is 493 g/mol. The molecule has 178 valence electrons. The number of para-hydroxylation sites is 1. The molecule has 11 heteroatoms. The lowest BCUT2D eigenvalue weighted by Gasteiger charge is -2.17. The fourth-order valence-electron chi connectivity index (χ4n) is 3.45. The molecule has 0 spiro atoms. The van der Waals surface area contributed by atoms with E-state index >= 15 is 0 Å². The minimum Gasteiger partial charge on any atom is -0.379 e. The summed E-state index contributed by atoms with van der Waals surface area (Å²) < 4.78 is 30.1. The van der Waals surface area contributed by atoms with Gasteiger partial charge in [-0.3, -0.25) is 14.9 Å². The van der Waals surface area contributed by atoms with Gasteiger partial charge in [-0.25, -0.2) is 9.97 Å². The van der Waals surface area contributed by atoms with Crippen molar-refractivity contribution in [3.05, 3.63) is 100.0 Å². The highest BCUT2D eigenvalue weighted by molar-refractivity contribution is 7.87. The highest BCUT2D eigenvalue weighted by Gasteiger charge is 2.21. The maximum Gasteiger partial charge on any atom is 0.339 e. The van der Waals surface area contributed by atoms with Gasteiger partial charge < -0.3 is 9.08 Å². The van der Waals surface area contributed by atoms with Gasteiger partial charge in [0.1, 0.15) is 16.5 Å². The van der Waals surface area contributed by atoms with E-state index < -0.39 is 15.0 Å². The minimum atomic E-state index is -4.30. The van der Waals surface area contributed by atoms with E-state index in [2.05, 4.69) is 9.97 Å². The molecule has 35 heavy (non-hydrogen) atoms. The third-order valence-electron chi connectivity index (χ3n) is 5.19. The van der Waals surface area contributed by atoms with Crippen LogP contribution in [-0.4, -0.2) is 41.2 Å². The zero-order valence-electron chi connectivity index (χ0n) is 18.8. The lowest BCUT2D eigenvalue weighted by molar-refractivity contribution is -0.385. The van der Waals surface area contributed by atoms with Gasteiger partial charge in [0, 0.05) is 35.8 Å². The van der Waals surface area contributed by atoms with Crippen LogP contribution >= 0.6 is 0 Å². The van der Waals surface area contributed by atoms with Crippen LogP contribution in [0.5, 0.6) is 5.75 Å². The topological polar surface area (TPSA) is 133 Å². The van der Waals surface area contributed by atoms with Crippen LogP contribution in [0, 0.1) is 17.0 Å². The molecule has 0 saturated heterocycles. The summed E-state index contributed by atoms with van der Waals surface area (Å²) in [6.07, 6.45) is 0. The van der Waals surface area contributed by atoms with E-state index in [9.17, 15) is 23.3 Å². The molecular weight excluding hydrogens is 472 g/mol. The number of aryl methyl sites for hydroxylation is 1. The molecule has 1 heterocycles. The van der Waals surface area contributed by atoms with E-state index in [1.165, 1.54) is 47.4 Å². The van der Waals surface area contributed by atoms with Gasteiger partial charge in [-0.05, 0) is 43.3 Å². The minimum absolute atomic E-state index is 0.0378. The van der Waals surface area contributed by atoms with Gasteiger partial charge in [0.25, 0.3) is 11.6 Å². The van der Waals surface area contributed by atoms with Gasteiger partial charge in [0.15, 0.2) is 0 Å². The van der Waals surface area contributed by atoms with Crippen LogP contribution in [0.25, 0.3) is 10.9 Å². The van der Waals surface area contributed by atoms with Gasteiger partial charge in [-0.1, -0.05) is 24.3 Å². The number of hydrogen-bond donors (Lipinski definition) is 0. The van der Waals surface area contributed by atoms with Crippen LogP contribution in [0.3, 0.4) is 0 Å². The Bertz CT molecular complexity index is 1540. The predicted octanol–water partition coefficient (Wildman–Crippen LogP) is 3.89. The molecule has 0 bridgehead atoms. The Hall–Kier alpha value is -4.38. The summed E-state index contributed by atoms with van der Waals surface area (Å²) >= 11 is 0. The fraction of sp³-hybridized carbons (Fsp3) is 0.125. The first kappa shape index (κ1) is 23.8. The predicted molar refractivity (Wildman–Crippen MR) is 127 cm³/mol. The molecule has 0 aliphatic carbocycles. The van der Waals surface area contributed by atoms with Crippen LogP contribution in [0.1, 0.15) is 21.9 Å². The Balaban J connectivity index is 1.47. The summed E-state index contributed by atoms with van der Waals surface area (Å²) in [5, 5.41) is 11.9. The standard InChI is InChI=1S/C24H20N4O6S/c1-16-21-8-3-4-9-22(21)26-23(25-16)15-27(2)24(29)17-10-12-19(13-11-17)34-35(32,33)20-7-5-6-18(14-20)28(30)31/h3-14H,15H2,1-2H3. The van der Waals surface area contributed by atoms with Crippen molar-refractivity contribution < 1.29 is 22.3 Å². The molecule has 0 atom stereocenters. The maximum atomic E-state index is 12.9. The quantitative estimate of drug-likeness (QED) is 0.216. The molecule has 0 radical (unpaired) electrons. The number of nitro benzene ring substituents is 1. The number of hydrogen-bond acceptors (Lipinski definition) is 8. The number of aromatic nitrogens is 2. The maximum absolute atomic E-state index is 12.9. The largest absolute Gasteiger partial charge is 0.379 e. The van der Waals surface area contributed by atoms with Gasteiger partial charge in [0.2, 0.25) is 0 Å². The molecule has 10 nitrogen and oxygen atoms in total. The second-order valence-electron chi connectivity index (χ2n) is 7.72. The number of carbonyl (C=O) groups is 1. The normalized spacial score (nSPS) is 11.3. The van der Waals surface area contributed by atoms with Crippen LogP contribution < -0.4 is 4.18 Å². The van der Waals surface area contributed by atoms with Crippen molar-refractivity contribution in [3.8, 4) is 5.75 Å². The first-order chi connectivity index (χ1) is 16.6. The number of nitro groups is 1. The van der Waals surface area contributed by atoms with Crippen molar-refractivity contribution in [2.75, 3.05) is 7.05 Å². The highest BCUT2D eigenvalue weighted by atomic mass is 32.2. The van der Waals surface area contributed by atoms with E-state index in [1.807, 2.05) is 31.2 Å². The van der Waals surface area contributed by atoms with Crippen molar-refractivity contribution in [1.29, 1.82) is 0 Å². The van der Waals surface area contributed by atoms with Gasteiger partial charge in [-0.15, -0.1) is 0 Å². The van der Waals surface area contributed by atoms with Crippen molar-refractivity contribution in [2.45, 2.75) is 18.4 Å². The zero-order valence-corrected chi connectivity index (χ0v) is 19.6. The summed E-state index contributed by atoms with van der Waals surface area (Å²) in [6, 6.07) is 17.7. The summed E-state index contributed by atoms with van der Waals surface area (Å²) in [5.41, 5.74) is 1.55. The molecule has 4 rings (SSSR count). The Morgan fingerprint density at radius 3 is 2.46 bits per heavy atom. The van der Waals surface area contributed by atoms with Crippen LogP contribution in [0.2, 0.25) is 0 Å². The summed E-state index contributed by atoms with van der Waals surface area (Å²) in [7, 11) is -2.68. The van der Waals surface area contributed by atoms with E-state index in [1.54, 1.807) is 7.05 Å². The molecule has 4 aromatic rings. The van der Waals surface area contributed by atoms with E-state index in [4.69, 9.17) is 4.18 Å². The number of non-ortho nitro benzene ring substituents is 1. The number of carbonyl (C=O) groups excluding carboxylic acids is 1. The molecule has 3 aromatic carbocycles. The molecule has 0 N–H and O–H groups in total. The number of amides is 1. The summed E-state index contributed by atoms with van der Waals surface area (Å²) in [5.74, 6) is 0.150. The fourth-order valence-corrected chi connectivity index (χ4v) is 4.42. The number of rotatable bonds is 7. The lowest BCUT2D eigenvalue weighted by Crippen LogP contribution is -2.27. The Kier molecular flexibility index (Phi) is 6.43. The van der Waals surface area contributed by atoms with E-state index in [-0.39, 0.29) is 28.8 Å². The summed E-state index contributed by atoms with van der Waals surface area (Å²) in [4.78, 5) is 33.2. The highest BCUT2D eigenvalue weighted by Crippen LogP contribution is 2.23. The molecule has 0 aliphatic heterocycles. The van der Waals surface area contributed by atoms with Crippen molar-refractivity contribution in [3.63, 3.8) is 0 Å². The number of benzene rings is 3. The van der Waals surface area contributed by atoms with E-state index in [0.29, 0.717) is 11.4 Å². The van der Waals surface area contributed by atoms with Gasteiger partial charge in [-0.2, -0.15) is 8.42 Å². The van der Waals surface area contributed by atoms with Crippen LogP contribution in [-0.2, 0) is 16.7 Å². The van der Waals surface area contributed by atoms with Gasteiger partial charge >= 0.3 is 10.1 Å². The molecule has 0 saturated carbocycles. The molecule has 1 amide bonds. The molecule has 1 aromatic heterocycles. The third-order valence-corrected chi connectivity index (χ3v) is 6.43. The number of fused-ring (bicyclic) bond motifs is 1. The molecule has 0 unspecified atom stereocenters. The van der Waals surface area contributed by atoms with Crippen molar-refractivity contribution >= 4 is 32.6 Å². The Morgan fingerprint density at radius 1 is 1.03 bits per heavy atom. The zero-order chi connectivity index (χ0) is 25.2. The smallest absolute Gasteiger partial charge is 0.339 e. The van der Waals surface area contributed by atoms with Crippen molar-refractivity contribution in [1.82, 2.24) is 14.9 Å². The second kappa shape index (κ2) is 9.47. The summed E-state index contributed by atoms with van der Waals surface area (Å²) in [6.45, 7) is 2.07. The lowest BCUT2D eigenvalue weighted by atomic mass is 10.2. The first-order valence-electron chi connectivity index (χ1n) is 10.4. The molecule has 0 aliphatic rings. The van der Waals surface area contributed by atoms with Crippen LogP contribution in [0.4, 0.5) is 5.69 Å². The van der Waals surface area contributed by atoms with Crippen LogP contribution in [0.15, 0.2) is 77.7 Å². The monoisotopic (exact) mass is 492 g/mol. The Labute approximate surface area is 201 Å². The molecular formula is C24H20N4O6S. The van der Waals surface area contributed by atoms with E-state index in [0.717, 1.165) is 22.7 Å². The second-order valence-corrected chi connectivity index (χ2v) is 9.27. The Morgan fingerprint density at radius 2 is 1.74 bits per heavy atom. The third kappa shape index (κ3) is 5.25. The number of nitrogens with zero attached hydrogens (tertiary/aromatic N) is 4. The first-order valence-corrected chi connectivity index (χ1v) is 11.8. The van der Waals surface area contributed by atoms with Crippen molar-refractivity contribution in [2.24, 2.45) is 0 Å².